The molecule has 2 saturated heterocycles. The van der Waals surface area contributed by atoms with Crippen LogP contribution in [0.4, 0.5) is 0 Å². The second-order valence-electron chi connectivity index (χ2n) is 14.6. The molecule has 2 aromatic carbocycles. The largest absolute Gasteiger partial charge is 0.459 e. The van der Waals surface area contributed by atoms with E-state index in [0.717, 1.165) is 13.8 Å². The van der Waals surface area contributed by atoms with Crippen LogP contribution in [0.2, 0.25) is 0 Å². The van der Waals surface area contributed by atoms with Gasteiger partial charge >= 0.3 is 23.9 Å². The molecule has 0 aromatic heterocycles. The van der Waals surface area contributed by atoms with E-state index in [1.807, 2.05) is 0 Å². The van der Waals surface area contributed by atoms with E-state index in [2.05, 4.69) is 6.58 Å². The molecule has 0 radical (unpaired) electrons. The van der Waals surface area contributed by atoms with Gasteiger partial charge in [0.15, 0.2) is 11.7 Å². The highest BCUT2D eigenvalue weighted by atomic mass is 16.7. The van der Waals surface area contributed by atoms with Crippen molar-refractivity contribution in [1.82, 2.24) is 0 Å². The molecule has 2 aromatic rings. The monoisotopic (exact) mass is 692 g/mol. The summed E-state index contributed by atoms with van der Waals surface area (Å²) in [5.74, 6) is -7.51. The Labute approximate surface area is 290 Å². The molecule has 6 rings (SSSR count). The third kappa shape index (κ3) is 4.94. The SMILES string of the molecule is C=C(C)C1(O)C(OC(=O)c2ccccc2)C(C)C2(O)C(C(OC(C)=O)C3(C)OC4(C(O)C(C)CC24)C3OC(=O)c2ccccc2)C1OC(C)=O. The van der Waals surface area contributed by atoms with Crippen molar-refractivity contribution >= 4 is 23.9 Å². The minimum absolute atomic E-state index is 0.0364. The van der Waals surface area contributed by atoms with E-state index < -0.39 is 100 Å². The summed E-state index contributed by atoms with van der Waals surface area (Å²) in [7, 11) is 0. The number of carbonyl (C=O) groups excluding carboxylic acids is 4. The predicted molar refractivity (Wildman–Crippen MR) is 175 cm³/mol. The zero-order chi connectivity index (χ0) is 36.6. The summed E-state index contributed by atoms with van der Waals surface area (Å²) in [6, 6.07) is 16.2. The highest BCUT2D eigenvalue weighted by molar-refractivity contribution is 5.90. The first-order chi connectivity index (χ1) is 23.4. The first kappa shape index (κ1) is 35.7. The highest BCUT2D eigenvalue weighted by Crippen LogP contribution is 2.70. The van der Waals surface area contributed by atoms with E-state index >= 15 is 0 Å². The average molecular weight is 693 g/mol. The van der Waals surface area contributed by atoms with Crippen LogP contribution in [0.5, 0.6) is 0 Å². The lowest BCUT2D eigenvalue weighted by atomic mass is 9.52. The molecule has 3 N–H and O–H groups in total. The van der Waals surface area contributed by atoms with Crippen molar-refractivity contribution in [3.8, 4) is 0 Å². The van der Waals surface area contributed by atoms with Crippen molar-refractivity contribution in [3.05, 3.63) is 83.9 Å². The highest BCUT2D eigenvalue weighted by Gasteiger charge is 2.87. The van der Waals surface area contributed by atoms with Gasteiger partial charge < -0.3 is 39.0 Å². The van der Waals surface area contributed by atoms with Gasteiger partial charge in [0.1, 0.15) is 29.5 Å². The minimum Gasteiger partial charge on any atom is -0.459 e. The van der Waals surface area contributed by atoms with Crippen molar-refractivity contribution in [2.75, 3.05) is 0 Å². The molecule has 13 atom stereocenters. The zero-order valence-corrected chi connectivity index (χ0v) is 28.9. The summed E-state index contributed by atoms with van der Waals surface area (Å²) < 4.78 is 30.9. The van der Waals surface area contributed by atoms with Crippen molar-refractivity contribution < 1.29 is 58.2 Å². The van der Waals surface area contributed by atoms with E-state index in [4.69, 9.17) is 23.7 Å². The second-order valence-corrected chi connectivity index (χ2v) is 14.6. The third-order valence-corrected chi connectivity index (χ3v) is 11.6. The van der Waals surface area contributed by atoms with E-state index in [1.165, 1.54) is 26.0 Å². The Morgan fingerprint density at radius 1 is 0.780 bits per heavy atom. The second kappa shape index (κ2) is 12.3. The number of hydrogen-bond donors (Lipinski definition) is 3. The third-order valence-electron chi connectivity index (χ3n) is 11.6. The summed E-state index contributed by atoms with van der Waals surface area (Å²) in [4.78, 5) is 53.2. The van der Waals surface area contributed by atoms with Crippen LogP contribution in [-0.4, -0.2) is 92.1 Å². The normalized spacial score (nSPS) is 41.3. The van der Waals surface area contributed by atoms with Gasteiger partial charge in [-0.05, 0) is 56.0 Å². The number of esters is 4. The summed E-state index contributed by atoms with van der Waals surface area (Å²) in [5.41, 5.74) is -7.59. The lowest BCUT2D eigenvalue weighted by molar-refractivity contribution is -0.388. The van der Waals surface area contributed by atoms with Crippen LogP contribution in [0, 0.1) is 23.7 Å². The number of aliphatic hydroxyl groups is 3. The van der Waals surface area contributed by atoms with Gasteiger partial charge in [-0.15, -0.1) is 0 Å². The Kier molecular flexibility index (Phi) is 8.78. The number of benzene rings is 2. The minimum atomic E-state index is -2.35. The molecule has 2 saturated carbocycles. The van der Waals surface area contributed by atoms with Gasteiger partial charge in [-0.3, -0.25) is 9.59 Å². The maximum Gasteiger partial charge on any atom is 0.338 e. The van der Waals surface area contributed by atoms with Crippen LogP contribution in [0.15, 0.2) is 72.8 Å². The molecule has 2 bridgehead atoms. The van der Waals surface area contributed by atoms with Crippen LogP contribution in [0.3, 0.4) is 0 Å². The first-order valence-electron chi connectivity index (χ1n) is 16.8. The number of aliphatic hydroxyl groups excluding tert-OH is 1. The molecule has 2 aliphatic carbocycles. The molecule has 12 nitrogen and oxygen atoms in total. The molecule has 268 valence electrons. The molecule has 4 aliphatic rings. The molecule has 1 spiro atoms. The zero-order valence-electron chi connectivity index (χ0n) is 28.9. The molecule has 50 heavy (non-hydrogen) atoms. The summed E-state index contributed by atoms with van der Waals surface area (Å²) in [6.07, 6.45) is -7.36. The lowest BCUT2D eigenvalue weighted by Gasteiger charge is -2.62. The van der Waals surface area contributed by atoms with Crippen molar-refractivity contribution in [1.29, 1.82) is 0 Å². The number of rotatable bonds is 7. The van der Waals surface area contributed by atoms with Crippen LogP contribution in [0.25, 0.3) is 0 Å². The number of carbonyl (C=O) groups is 4. The van der Waals surface area contributed by atoms with Crippen LogP contribution in [0.1, 0.15) is 68.7 Å². The molecule has 0 amide bonds. The standard InChI is InChI=1S/C38H44O12/c1-19(2)36(44)29(48-32(42)24-14-10-8-11-15-24)21(4)37(45)26-18-20(3)28(41)38(26)34(49-33(43)25-16-12-9-13-17-25)35(7,50-38)30(46-22(5)39)27(37)31(36)47-23(6)40/h8-17,20-21,26-31,34,41,44-45H,1,18H2,2-7H3. The smallest absolute Gasteiger partial charge is 0.338 e. The molecular formula is C38H44O12. The quantitative estimate of drug-likeness (QED) is 0.220. The molecular weight excluding hydrogens is 648 g/mol. The fourth-order valence-corrected chi connectivity index (χ4v) is 9.46. The number of hydrogen-bond acceptors (Lipinski definition) is 12. The van der Waals surface area contributed by atoms with Gasteiger partial charge in [-0.1, -0.05) is 56.8 Å². The Hall–Kier alpha value is -4.10. The number of ether oxygens (including phenoxy) is 5. The first-order valence-corrected chi connectivity index (χ1v) is 16.8. The molecule has 12 heteroatoms. The maximum absolute atomic E-state index is 13.7. The molecule has 13 unspecified atom stereocenters. The van der Waals surface area contributed by atoms with Crippen LogP contribution < -0.4 is 0 Å². The van der Waals surface area contributed by atoms with Gasteiger partial charge in [0.05, 0.1) is 28.7 Å². The van der Waals surface area contributed by atoms with Crippen LogP contribution >= 0.6 is 0 Å². The van der Waals surface area contributed by atoms with Gasteiger partial charge in [-0.25, -0.2) is 9.59 Å². The van der Waals surface area contributed by atoms with Gasteiger partial charge in [0, 0.05) is 25.7 Å². The Balaban J connectivity index is 1.60. The fraction of sp³-hybridized carbons (Fsp3) is 0.526. The molecule has 4 fully saturated rings. The van der Waals surface area contributed by atoms with E-state index in [-0.39, 0.29) is 23.1 Å². The lowest BCUT2D eigenvalue weighted by Crippen LogP contribution is -2.80. The Bertz CT molecular complexity index is 1700. The fourth-order valence-electron chi connectivity index (χ4n) is 9.46. The maximum atomic E-state index is 13.7. The van der Waals surface area contributed by atoms with Crippen molar-refractivity contribution in [2.24, 2.45) is 23.7 Å². The van der Waals surface area contributed by atoms with Crippen LogP contribution in [-0.2, 0) is 33.3 Å². The topological polar surface area (TPSA) is 175 Å². The predicted octanol–water partition coefficient (Wildman–Crippen LogP) is 3.16. The number of fused-ring (bicyclic) bond motifs is 3. The van der Waals surface area contributed by atoms with Gasteiger partial charge in [0.2, 0.25) is 0 Å². The average Bonchev–Trinajstić information content (AvgIpc) is 3.28. The van der Waals surface area contributed by atoms with Gasteiger partial charge in [0.25, 0.3) is 0 Å². The summed E-state index contributed by atoms with van der Waals surface area (Å²) >= 11 is 0. The van der Waals surface area contributed by atoms with Crippen molar-refractivity contribution in [3.63, 3.8) is 0 Å². The summed E-state index contributed by atoms with van der Waals surface area (Å²) in [6.45, 7) is 12.6. The summed E-state index contributed by atoms with van der Waals surface area (Å²) in [5, 5.41) is 38.2. The Morgan fingerprint density at radius 2 is 1.28 bits per heavy atom. The van der Waals surface area contributed by atoms with Gasteiger partial charge in [-0.2, -0.15) is 0 Å². The molecule has 2 aliphatic heterocycles. The van der Waals surface area contributed by atoms with E-state index in [1.54, 1.807) is 62.4 Å². The van der Waals surface area contributed by atoms with E-state index in [9.17, 15) is 34.5 Å². The van der Waals surface area contributed by atoms with E-state index in [0.29, 0.717) is 0 Å². The van der Waals surface area contributed by atoms with Crippen molar-refractivity contribution in [2.45, 2.75) is 101 Å². The Morgan fingerprint density at radius 3 is 1.78 bits per heavy atom. The molecule has 2 heterocycles.